The van der Waals surface area contributed by atoms with Gasteiger partial charge >= 0.3 is 0 Å². The van der Waals surface area contributed by atoms with Crippen molar-refractivity contribution in [1.29, 1.82) is 0 Å². The van der Waals surface area contributed by atoms with E-state index in [0.29, 0.717) is 24.1 Å². The van der Waals surface area contributed by atoms with Gasteiger partial charge in [-0.3, -0.25) is 9.69 Å². The largest absolute Gasteiger partial charge is 0.468 e. The summed E-state index contributed by atoms with van der Waals surface area (Å²) in [5.74, 6) is 0.590. The number of amides is 1. The second kappa shape index (κ2) is 6.63. The van der Waals surface area contributed by atoms with E-state index in [9.17, 15) is 9.90 Å². The number of aliphatic hydroxyl groups is 1. The van der Waals surface area contributed by atoms with E-state index < -0.39 is 6.10 Å². The van der Waals surface area contributed by atoms with Crippen LogP contribution in [0.3, 0.4) is 0 Å². The molecule has 2 N–H and O–H groups in total. The molecule has 23 heavy (non-hydrogen) atoms. The smallest absolute Gasteiger partial charge is 0.254 e. The summed E-state index contributed by atoms with van der Waals surface area (Å²) < 4.78 is 11.1. The molecule has 0 aromatic carbocycles. The van der Waals surface area contributed by atoms with Crippen molar-refractivity contribution in [3.8, 4) is 0 Å². The number of nitrogens with one attached hydrogen (secondary N) is 1. The molecule has 1 aromatic rings. The van der Waals surface area contributed by atoms with Gasteiger partial charge in [0, 0.05) is 38.2 Å². The molecule has 1 aliphatic carbocycles. The van der Waals surface area contributed by atoms with Gasteiger partial charge in [0.15, 0.2) is 0 Å². The van der Waals surface area contributed by atoms with Crippen LogP contribution in [0.2, 0.25) is 0 Å². The summed E-state index contributed by atoms with van der Waals surface area (Å²) in [4.78, 5) is 14.7. The van der Waals surface area contributed by atoms with E-state index in [0.717, 1.165) is 44.8 Å². The molecule has 0 spiro atoms. The third kappa shape index (κ3) is 3.76. The first-order valence-corrected chi connectivity index (χ1v) is 8.39. The molecule has 1 aliphatic heterocycles. The number of aryl methyl sites for hydroxylation is 1. The van der Waals surface area contributed by atoms with Crippen molar-refractivity contribution in [3.63, 3.8) is 0 Å². The van der Waals surface area contributed by atoms with Gasteiger partial charge in [-0.25, -0.2) is 0 Å². The van der Waals surface area contributed by atoms with Crippen LogP contribution >= 0.6 is 0 Å². The number of carbonyl (C=O) groups excluding carboxylic acids is 1. The van der Waals surface area contributed by atoms with Crippen molar-refractivity contribution in [2.24, 2.45) is 0 Å². The van der Waals surface area contributed by atoms with Crippen LogP contribution in [0.25, 0.3) is 0 Å². The number of fused-ring (bicyclic) bond motifs is 1. The number of hydrogen-bond acceptors (Lipinski definition) is 5. The molecule has 0 saturated carbocycles. The highest BCUT2D eigenvalue weighted by atomic mass is 16.5. The lowest BCUT2D eigenvalue weighted by atomic mass is 9.92. The quantitative estimate of drug-likeness (QED) is 0.878. The lowest BCUT2D eigenvalue weighted by Crippen LogP contribution is -2.50. The van der Waals surface area contributed by atoms with Crippen LogP contribution < -0.4 is 5.32 Å². The first-order valence-electron chi connectivity index (χ1n) is 8.39. The molecule has 2 heterocycles. The minimum atomic E-state index is -0.585. The topological polar surface area (TPSA) is 74.9 Å². The van der Waals surface area contributed by atoms with Crippen molar-refractivity contribution in [1.82, 2.24) is 10.2 Å². The summed E-state index contributed by atoms with van der Waals surface area (Å²) in [6.07, 6.45) is 3.28. The predicted octanol–water partition coefficient (Wildman–Crippen LogP) is 1.49. The maximum Gasteiger partial charge on any atom is 0.254 e. The van der Waals surface area contributed by atoms with E-state index >= 15 is 0 Å². The Hall–Kier alpha value is -1.37. The first-order chi connectivity index (χ1) is 11.0. The Labute approximate surface area is 136 Å². The van der Waals surface area contributed by atoms with Crippen LogP contribution in [0.15, 0.2) is 10.7 Å². The van der Waals surface area contributed by atoms with E-state index in [1.54, 1.807) is 0 Å². The number of hydrogen-bond donors (Lipinski definition) is 2. The Kier molecular flexibility index (Phi) is 4.75. The molecule has 2 aliphatic rings. The number of aliphatic hydroxyl groups excluding tert-OH is 1. The van der Waals surface area contributed by atoms with E-state index in [1.165, 1.54) is 6.26 Å². The van der Waals surface area contributed by atoms with Gasteiger partial charge in [-0.2, -0.15) is 0 Å². The van der Waals surface area contributed by atoms with Gasteiger partial charge in [0.05, 0.1) is 23.9 Å². The number of ether oxygens (including phenoxy) is 1. The van der Waals surface area contributed by atoms with Gasteiger partial charge < -0.3 is 19.6 Å². The maximum absolute atomic E-state index is 12.4. The Balaban J connectivity index is 1.53. The van der Waals surface area contributed by atoms with Crippen LogP contribution in [0, 0.1) is 0 Å². The van der Waals surface area contributed by atoms with E-state index in [1.807, 2.05) is 0 Å². The minimum absolute atomic E-state index is 0.129. The van der Waals surface area contributed by atoms with Crippen molar-refractivity contribution in [3.05, 3.63) is 23.2 Å². The highest BCUT2D eigenvalue weighted by molar-refractivity contribution is 5.95. The molecule has 3 rings (SSSR count). The van der Waals surface area contributed by atoms with E-state index in [-0.39, 0.29) is 11.5 Å². The molecule has 1 saturated heterocycles. The summed E-state index contributed by atoms with van der Waals surface area (Å²) in [5.41, 5.74) is 1.03. The Morgan fingerprint density at radius 3 is 3.13 bits per heavy atom. The van der Waals surface area contributed by atoms with Crippen molar-refractivity contribution in [2.75, 3.05) is 32.8 Å². The molecule has 1 aromatic heterocycles. The zero-order chi connectivity index (χ0) is 16.4. The standard InChI is InChI=1S/C17H26N2O4/c1-17(2)11-19(8-9-23-17)7-6-18-16(21)12-10-22-14-5-3-4-13(20)15(12)14/h10,13,20H,3-9,11H2,1-2H3,(H,18,21). The summed E-state index contributed by atoms with van der Waals surface area (Å²) in [7, 11) is 0. The number of rotatable bonds is 4. The number of carbonyl (C=O) groups is 1. The second-order valence-corrected chi connectivity index (χ2v) is 7.03. The molecule has 1 amide bonds. The normalized spacial score (nSPS) is 24.2. The number of morpholine rings is 1. The molecule has 1 atom stereocenters. The SMILES string of the molecule is CC1(C)CN(CCNC(=O)c2coc3c2C(O)CCC3)CCO1. The average molecular weight is 322 g/mol. The molecule has 6 heteroatoms. The number of nitrogens with zero attached hydrogens (tertiary/aromatic N) is 1. The van der Waals surface area contributed by atoms with Crippen LogP contribution in [-0.4, -0.2) is 54.3 Å². The molecule has 0 radical (unpaired) electrons. The molecule has 0 bridgehead atoms. The molecule has 1 fully saturated rings. The Morgan fingerprint density at radius 2 is 2.35 bits per heavy atom. The zero-order valence-electron chi connectivity index (χ0n) is 13.9. The van der Waals surface area contributed by atoms with Crippen LogP contribution in [0.4, 0.5) is 0 Å². The van der Waals surface area contributed by atoms with Crippen molar-refractivity contribution in [2.45, 2.75) is 44.8 Å². The van der Waals surface area contributed by atoms with Gasteiger partial charge in [-0.15, -0.1) is 0 Å². The van der Waals surface area contributed by atoms with Crippen LogP contribution in [0.1, 0.15) is 54.5 Å². The lowest BCUT2D eigenvalue weighted by Gasteiger charge is -2.38. The summed E-state index contributed by atoms with van der Waals surface area (Å²) in [6.45, 7) is 8.00. The van der Waals surface area contributed by atoms with Gasteiger partial charge in [0.1, 0.15) is 12.0 Å². The summed E-state index contributed by atoms with van der Waals surface area (Å²) in [5, 5.41) is 13.0. The Bertz CT molecular complexity index is 567. The first kappa shape index (κ1) is 16.5. The van der Waals surface area contributed by atoms with Gasteiger partial charge in [0.2, 0.25) is 0 Å². The predicted molar refractivity (Wildman–Crippen MR) is 85.4 cm³/mol. The third-order valence-corrected chi connectivity index (χ3v) is 4.59. The second-order valence-electron chi connectivity index (χ2n) is 7.03. The fraction of sp³-hybridized carbons (Fsp3) is 0.706. The van der Waals surface area contributed by atoms with Crippen molar-refractivity contribution >= 4 is 5.91 Å². The fourth-order valence-corrected chi connectivity index (χ4v) is 3.47. The van der Waals surface area contributed by atoms with E-state index in [4.69, 9.17) is 9.15 Å². The molecule has 6 nitrogen and oxygen atoms in total. The molecular weight excluding hydrogens is 296 g/mol. The summed E-state index contributed by atoms with van der Waals surface area (Å²) in [6, 6.07) is 0. The lowest BCUT2D eigenvalue weighted by molar-refractivity contribution is -0.0853. The van der Waals surface area contributed by atoms with Gasteiger partial charge in [-0.1, -0.05) is 0 Å². The summed E-state index contributed by atoms with van der Waals surface area (Å²) >= 11 is 0. The maximum atomic E-state index is 12.4. The average Bonchev–Trinajstić information content (AvgIpc) is 2.91. The number of furan rings is 1. The van der Waals surface area contributed by atoms with Crippen LogP contribution in [-0.2, 0) is 11.2 Å². The molecule has 1 unspecified atom stereocenters. The zero-order valence-corrected chi connectivity index (χ0v) is 13.9. The Morgan fingerprint density at radius 1 is 1.52 bits per heavy atom. The van der Waals surface area contributed by atoms with E-state index in [2.05, 4.69) is 24.1 Å². The fourth-order valence-electron chi connectivity index (χ4n) is 3.47. The minimum Gasteiger partial charge on any atom is -0.468 e. The third-order valence-electron chi connectivity index (χ3n) is 4.59. The van der Waals surface area contributed by atoms with Crippen molar-refractivity contribution < 1.29 is 19.1 Å². The molecule has 128 valence electrons. The highest BCUT2D eigenvalue weighted by Gasteiger charge is 2.29. The van der Waals surface area contributed by atoms with Gasteiger partial charge in [0.25, 0.3) is 5.91 Å². The van der Waals surface area contributed by atoms with Gasteiger partial charge in [-0.05, 0) is 26.7 Å². The highest BCUT2D eigenvalue weighted by Crippen LogP contribution is 2.33. The monoisotopic (exact) mass is 322 g/mol. The van der Waals surface area contributed by atoms with Crippen LogP contribution in [0.5, 0.6) is 0 Å². The molecular formula is C17H26N2O4.